The first-order valence-electron chi connectivity index (χ1n) is 5.09. The van der Waals surface area contributed by atoms with Crippen molar-refractivity contribution in [2.75, 3.05) is 7.05 Å². The number of hydrogen-bond acceptors (Lipinski definition) is 1. The van der Waals surface area contributed by atoms with Crippen molar-refractivity contribution in [1.82, 2.24) is 5.32 Å². The predicted molar refractivity (Wildman–Crippen MR) is 66.4 cm³/mol. The van der Waals surface area contributed by atoms with Crippen molar-refractivity contribution in [3.05, 3.63) is 60.2 Å². The Labute approximate surface area is 90.8 Å². The third kappa shape index (κ3) is 1.50. The van der Waals surface area contributed by atoms with Gasteiger partial charge in [-0.1, -0.05) is 43.5 Å². The van der Waals surface area contributed by atoms with E-state index >= 15 is 0 Å². The van der Waals surface area contributed by atoms with Gasteiger partial charge in [-0.2, -0.15) is 0 Å². The van der Waals surface area contributed by atoms with E-state index in [4.69, 9.17) is 0 Å². The van der Waals surface area contributed by atoms with Crippen LogP contribution >= 0.6 is 0 Å². The highest BCUT2D eigenvalue weighted by Gasteiger charge is 2.16. The molecule has 76 valence electrons. The van der Waals surface area contributed by atoms with Crippen LogP contribution in [0.4, 0.5) is 0 Å². The summed E-state index contributed by atoms with van der Waals surface area (Å²) in [6.07, 6.45) is 5.13. The van der Waals surface area contributed by atoms with Gasteiger partial charge in [-0.15, -0.1) is 0 Å². The molecule has 0 amide bonds. The molecule has 1 aromatic carbocycles. The topological polar surface area (TPSA) is 12.0 Å². The summed E-state index contributed by atoms with van der Waals surface area (Å²) in [5.74, 6) is 0. The monoisotopic (exact) mass is 197 g/mol. The fraction of sp³-hybridized carbons (Fsp3) is 0.143. The van der Waals surface area contributed by atoms with Crippen LogP contribution < -0.4 is 5.32 Å². The van der Waals surface area contributed by atoms with Crippen molar-refractivity contribution in [3.63, 3.8) is 0 Å². The average Bonchev–Trinajstić information content (AvgIpc) is 2.70. The van der Waals surface area contributed by atoms with Gasteiger partial charge in [0.05, 0.1) is 0 Å². The van der Waals surface area contributed by atoms with Crippen LogP contribution in [-0.2, 0) is 6.42 Å². The van der Waals surface area contributed by atoms with E-state index in [1.54, 1.807) is 0 Å². The molecule has 0 aromatic heterocycles. The molecular formula is C14H15N. The Bertz CT molecular complexity index is 452. The molecule has 15 heavy (non-hydrogen) atoms. The van der Waals surface area contributed by atoms with Crippen LogP contribution in [0, 0.1) is 0 Å². The van der Waals surface area contributed by atoms with E-state index in [0.29, 0.717) is 0 Å². The molecule has 1 heteroatoms. The molecule has 0 fully saturated rings. The lowest BCUT2D eigenvalue weighted by molar-refractivity contribution is 1.13. The second-order valence-electron chi connectivity index (χ2n) is 3.64. The maximum absolute atomic E-state index is 4.02. The molecule has 1 aliphatic rings. The zero-order chi connectivity index (χ0) is 10.8. The van der Waals surface area contributed by atoms with E-state index in [-0.39, 0.29) is 0 Å². The van der Waals surface area contributed by atoms with Gasteiger partial charge in [0.15, 0.2) is 0 Å². The Balaban J connectivity index is 2.59. The van der Waals surface area contributed by atoms with Gasteiger partial charge in [0.25, 0.3) is 0 Å². The number of rotatable bonds is 3. The predicted octanol–water partition coefficient (Wildman–Crippen LogP) is 3.00. The Morgan fingerprint density at radius 2 is 2.27 bits per heavy atom. The molecule has 1 aromatic rings. The summed E-state index contributed by atoms with van der Waals surface area (Å²) in [6.45, 7) is 7.87. The SMILES string of the molecule is C=CC1=CCc2cccc(C(=C)NC)c21. The minimum atomic E-state index is 0.960. The van der Waals surface area contributed by atoms with E-state index in [0.717, 1.165) is 12.1 Å². The molecular weight excluding hydrogens is 182 g/mol. The van der Waals surface area contributed by atoms with E-state index in [1.807, 2.05) is 13.1 Å². The number of allylic oxidation sites excluding steroid dienone is 3. The zero-order valence-electron chi connectivity index (χ0n) is 9.01. The molecule has 1 nitrogen and oxygen atoms in total. The van der Waals surface area contributed by atoms with Gasteiger partial charge in [-0.05, 0) is 23.1 Å². The summed E-state index contributed by atoms with van der Waals surface area (Å²) >= 11 is 0. The second kappa shape index (κ2) is 3.77. The lowest BCUT2D eigenvalue weighted by Crippen LogP contribution is -2.05. The third-order valence-corrected chi connectivity index (χ3v) is 2.83. The van der Waals surface area contributed by atoms with Gasteiger partial charge >= 0.3 is 0 Å². The summed E-state index contributed by atoms with van der Waals surface area (Å²) in [6, 6.07) is 6.34. The van der Waals surface area contributed by atoms with Crippen molar-refractivity contribution in [2.24, 2.45) is 0 Å². The van der Waals surface area contributed by atoms with Crippen molar-refractivity contribution >= 4 is 11.3 Å². The number of nitrogens with one attached hydrogen (secondary N) is 1. The van der Waals surface area contributed by atoms with Gasteiger partial charge in [0.1, 0.15) is 0 Å². The maximum Gasteiger partial charge on any atom is 0.0344 e. The fourth-order valence-electron chi connectivity index (χ4n) is 2.00. The largest absolute Gasteiger partial charge is 0.388 e. The van der Waals surface area contributed by atoms with Crippen LogP contribution in [0.3, 0.4) is 0 Å². The fourth-order valence-corrected chi connectivity index (χ4v) is 2.00. The van der Waals surface area contributed by atoms with Crippen molar-refractivity contribution in [3.8, 4) is 0 Å². The van der Waals surface area contributed by atoms with Crippen LogP contribution in [0.5, 0.6) is 0 Å². The van der Waals surface area contributed by atoms with E-state index in [9.17, 15) is 0 Å². The number of benzene rings is 1. The van der Waals surface area contributed by atoms with Gasteiger partial charge in [0.2, 0.25) is 0 Å². The molecule has 1 N–H and O–H groups in total. The lowest BCUT2D eigenvalue weighted by Gasteiger charge is -2.12. The highest BCUT2D eigenvalue weighted by atomic mass is 14.8. The second-order valence-corrected chi connectivity index (χ2v) is 3.64. The first kappa shape index (κ1) is 9.78. The highest BCUT2D eigenvalue weighted by molar-refractivity contribution is 5.87. The Hall–Kier alpha value is -1.76. The maximum atomic E-state index is 4.02. The summed E-state index contributed by atoms with van der Waals surface area (Å²) < 4.78 is 0. The van der Waals surface area contributed by atoms with E-state index < -0.39 is 0 Å². The minimum Gasteiger partial charge on any atom is -0.388 e. The third-order valence-electron chi connectivity index (χ3n) is 2.83. The van der Waals surface area contributed by atoms with Gasteiger partial charge in [0, 0.05) is 18.3 Å². The molecule has 1 aliphatic carbocycles. The normalized spacial score (nSPS) is 13.0. The Morgan fingerprint density at radius 1 is 1.47 bits per heavy atom. The summed E-state index contributed by atoms with van der Waals surface area (Å²) in [5, 5.41) is 3.10. The standard InChI is InChI=1S/C14H15N/c1-4-11-8-9-12-6-5-7-13(14(11)12)10(2)15-3/h4-8,15H,1-2,9H2,3H3. The molecule has 0 spiro atoms. The van der Waals surface area contributed by atoms with E-state index in [1.165, 1.54) is 22.3 Å². The molecule has 0 aliphatic heterocycles. The molecule has 0 bridgehead atoms. The Kier molecular flexibility index (Phi) is 2.46. The van der Waals surface area contributed by atoms with Gasteiger partial charge in [-0.25, -0.2) is 0 Å². The molecule has 0 radical (unpaired) electrons. The molecule has 0 saturated heterocycles. The van der Waals surface area contributed by atoms with Crippen LogP contribution in [0.2, 0.25) is 0 Å². The molecule has 0 saturated carbocycles. The van der Waals surface area contributed by atoms with Gasteiger partial charge in [-0.3, -0.25) is 0 Å². The molecule has 0 unspecified atom stereocenters. The van der Waals surface area contributed by atoms with Crippen molar-refractivity contribution in [1.29, 1.82) is 0 Å². The lowest BCUT2D eigenvalue weighted by atomic mass is 9.97. The van der Waals surface area contributed by atoms with Crippen LogP contribution in [0.1, 0.15) is 16.7 Å². The summed E-state index contributed by atoms with van der Waals surface area (Å²) in [7, 11) is 1.90. The number of hydrogen-bond donors (Lipinski definition) is 1. The first-order valence-corrected chi connectivity index (χ1v) is 5.09. The minimum absolute atomic E-state index is 0.960. The molecule has 0 heterocycles. The van der Waals surface area contributed by atoms with Crippen LogP contribution in [0.15, 0.2) is 43.5 Å². The zero-order valence-corrected chi connectivity index (χ0v) is 9.01. The van der Waals surface area contributed by atoms with Crippen LogP contribution in [0.25, 0.3) is 11.3 Å². The van der Waals surface area contributed by atoms with Crippen molar-refractivity contribution in [2.45, 2.75) is 6.42 Å². The van der Waals surface area contributed by atoms with E-state index in [2.05, 4.69) is 42.7 Å². The van der Waals surface area contributed by atoms with Crippen molar-refractivity contribution < 1.29 is 0 Å². The first-order chi connectivity index (χ1) is 7.27. The average molecular weight is 197 g/mol. The van der Waals surface area contributed by atoms with Gasteiger partial charge < -0.3 is 5.32 Å². The molecule has 0 atom stereocenters. The summed E-state index contributed by atoms with van der Waals surface area (Å²) in [4.78, 5) is 0. The quantitative estimate of drug-likeness (QED) is 0.785. The summed E-state index contributed by atoms with van der Waals surface area (Å²) in [5.41, 5.74) is 6.00. The Morgan fingerprint density at radius 3 is 2.93 bits per heavy atom. The smallest absolute Gasteiger partial charge is 0.0344 e. The molecule has 2 rings (SSSR count). The number of fused-ring (bicyclic) bond motifs is 1. The van der Waals surface area contributed by atoms with Crippen LogP contribution in [-0.4, -0.2) is 7.05 Å². The highest BCUT2D eigenvalue weighted by Crippen LogP contribution is 2.33.